The second kappa shape index (κ2) is 8.57. The van der Waals surface area contributed by atoms with Crippen molar-refractivity contribution in [2.45, 2.75) is 19.4 Å². The van der Waals surface area contributed by atoms with E-state index in [4.69, 9.17) is 9.84 Å². The van der Waals surface area contributed by atoms with E-state index < -0.39 is 23.8 Å². The number of carboxylic acid groups (broad SMARTS) is 1. The first-order valence-electron chi connectivity index (χ1n) is 6.49. The Morgan fingerprint density at radius 3 is 2.43 bits per heavy atom. The van der Waals surface area contributed by atoms with Gasteiger partial charge < -0.3 is 20.5 Å². The maximum atomic E-state index is 11.5. The van der Waals surface area contributed by atoms with Gasteiger partial charge in [0.05, 0.1) is 6.54 Å². The van der Waals surface area contributed by atoms with Gasteiger partial charge in [0.2, 0.25) is 5.91 Å². The average Bonchev–Trinajstić information content (AvgIpc) is 2.49. The summed E-state index contributed by atoms with van der Waals surface area (Å²) in [7, 11) is 0. The van der Waals surface area contributed by atoms with Gasteiger partial charge >= 0.3 is 5.97 Å². The Kier molecular flexibility index (Phi) is 6.73. The highest BCUT2D eigenvalue weighted by atomic mass is 16.5. The predicted octanol–water partition coefficient (Wildman–Crippen LogP) is 0.161. The zero-order valence-corrected chi connectivity index (χ0v) is 11.7. The lowest BCUT2D eigenvalue weighted by Crippen LogP contribution is -2.45. The van der Waals surface area contributed by atoms with Crippen LogP contribution in [0.3, 0.4) is 0 Å². The lowest BCUT2D eigenvalue weighted by atomic mass is 10.2. The summed E-state index contributed by atoms with van der Waals surface area (Å²) < 4.78 is 5.20. The van der Waals surface area contributed by atoms with Gasteiger partial charge in [0, 0.05) is 0 Å². The van der Waals surface area contributed by atoms with Gasteiger partial charge in [-0.25, -0.2) is 4.79 Å². The molecule has 0 spiro atoms. The number of carbonyl (C=O) groups is 3. The fourth-order valence-electron chi connectivity index (χ4n) is 1.48. The molecule has 0 saturated heterocycles. The molecule has 2 amide bonds. The number of benzene rings is 1. The maximum absolute atomic E-state index is 11.5. The summed E-state index contributed by atoms with van der Waals surface area (Å²) in [4.78, 5) is 33.7. The van der Waals surface area contributed by atoms with Gasteiger partial charge in [0.25, 0.3) is 5.91 Å². The Hall–Kier alpha value is -2.57. The Labute approximate surface area is 122 Å². The zero-order valence-electron chi connectivity index (χ0n) is 11.7. The first kappa shape index (κ1) is 16.5. The van der Waals surface area contributed by atoms with Gasteiger partial charge in [0.1, 0.15) is 11.8 Å². The molecule has 0 saturated carbocycles. The normalized spacial score (nSPS) is 11.3. The highest BCUT2D eigenvalue weighted by Crippen LogP contribution is 2.07. The molecule has 1 aromatic carbocycles. The maximum Gasteiger partial charge on any atom is 0.326 e. The van der Waals surface area contributed by atoms with Crippen molar-refractivity contribution in [3.8, 4) is 5.75 Å². The quantitative estimate of drug-likeness (QED) is 0.633. The third-order valence-corrected chi connectivity index (χ3v) is 2.60. The van der Waals surface area contributed by atoms with Crippen molar-refractivity contribution in [1.29, 1.82) is 0 Å². The van der Waals surface area contributed by atoms with E-state index in [-0.39, 0.29) is 19.6 Å². The van der Waals surface area contributed by atoms with E-state index in [1.165, 1.54) is 0 Å². The van der Waals surface area contributed by atoms with Crippen LogP contribution >= 0.6 is 0 Å². The summed E-state index contributed by atoms with van der Waals surface area (Å²) in [5.41, 5.74) is 0. The first-order valence-corrected chi connectivity index (χ1v) is 6.49. The van der Waals surface area contributed by atoms with Crippen LogP contribution < -0.4 is 15.4 Å². The van der Waals surface area contributed by atoms with Crippen LogP contribution in [0.25, 0.3) is 0 Å². The number of nitrogens with one attached hydrogen (secondary N) is 2. The van der Waals surface area contributed by atoms with Crippen LogP contribution in [0.4, 0.5) is 0 Å². The van der Waals surface area contributed by atoms with Gasteiger partial charge in [-0.3, -0.25) is 9.59 Å². The Balaban J connectivity index is 2.26. The largest absolute Gasteiger partial charge is 0.484 e. The SMILES string of the molecule is CCC(NC(=O)CNC(=O)COc1ccccc1)C(=O)O. The number of carbonyl (C=O) groups excluding carboxylic acids is 2. The van der Waals surface area contributed by atoms with E-state index in [0.29, 0.717) is 5.75 Å². The van der Waals surface area contributed by atoms with E-state index >= 15 is 0 Å². The molecule has 7 heteroatoms. The molecule has 0 aliphatic carbocycles. The molecule has 0 fully saturated rings. The lowest BCUT2D eigenvalue weighted by molar-refractivity contribution is -0.141. The number of carboxylic acids is 1. The van der Waals surface area contributed by atoms with Crippen molar-refractivity contribution in [2.75, 3.05) is 13.2 Å². The fraction of sp³-hybridized carbons (Fsp3) is 0.357. The molecule has 0 heterocycles. The highest BCUT2D eigenvalue weighted by molar-refractivity contribution is 5.88. The first-order chi connectivity index (χ1) is 10.0. The number of para-hydroxylation sites is 1. The van der Waals surface area contributed by atoms with E-state index in [1.54, 1.807) is 31.2 Å². The summed E-state index contributed by atoms with van der Waals surface area (Å²) in [6.07, 6.45) is 0.270. The number of hydrogen-bond donors (Lipinski definition) is 3. The molecule has 0 aliphatic rings. The van der Waals surface area contributed by atoms with Crippen LogP contribution in [0.2, 0.25) is 0 Å². The lowest BCUT2D eigenvalue weighted by Gasteiger charge is -2.12. The van der Waals surface area contributed by atoms with Crippen LogP contribution in [0, 0.1) is 0 Å². The minimum Gasteiger partial charge on any atom is -0.484 e. The summed E-state index contributed by atoms with van der Waals surface area (Å²) in [5, 5.41) is 13.4. The summed E-state index contributed by atoms with van der Waals surface area (Å²) in [6.45, 7) is 1.14. The molecule has 0 bridgehead atoms. The van der Waals surface area contributed by atoms with Gasteiger partial charge in [-0.05, 0) is 18.6 Å². The summed E-state index contributed by atoms with van der Waals surface area (Å²) in [5.74, 6) is -1.58. The van der Waals surface area contributed by atoms with Crippen LogP contribution in [-0.4, -0.2) is 42.1 Å². The fourth-order valence-corrected chi connectivity index (χ4v) is 1.48. The van der Waals surface area contributed by atoms with E-state index in [2.05, 4.69) is 10.6 Å². The topological polar surface area (TPSA) is 105 Å². The minimum atomic E-state index is -1.11. The smallest absolute Gasteiger partial charge is 0.326 e. The van der Waals surface area contributed by atoms with E-state index in [0.717, 1.165) is 0 Å². The molecule has 0 aromatic heterocycles. The van der Waals surface area contributed by atoms with Gasteiger partial charge in [0.15, 0.2) is 6.61 Å². The van der Waals surface area contributed by atoms with Crippen molar-refractivity contribution in [2.24, 2.45) is 0 Å². The number of ether oxygens (including phenoxy) is 1. The molecule has 1 unspecified atom stereocenters. The minimum absolute atomic E-state index is 0.215. The summed E-state index contributed by atoms with van der Waals surface area (Å²) in [6, 6.07) is 7.84. The molecule has 21 heavy (non-hydrogen) atoms. The summed E-state index contributed by atoms with van der Waals surface area (Å²) >= 11 is 0. The molecule has 0 radical (unpaired) electrons. The molecular weight excluding hydrogens is 276 g/mol. The number of aliphatic carboxylic acids is 1. The Morgan fingerprint density at radius 2 is 1.86 bits per heavy atom. The van der Waals surface area contributed by atoms with Crippen LogP contribution in [0.1, 0.15) is 13.3 Å². The Morgan fingerprint density at radius 1 is 1.19 bits per heavy atom. The van der Waals surface area contributed by atoms with Crippen molar-refractivity contribution < 1.29 is 24.2 Å². The molecule has 1 atom stereocenters. The molecule has 7 nitrogen and oxygen atoms in total. The average molecular weight is 294 g/mol. The van der Waals surface area contributed by atoms with Crippen LogP contribution in [-0.2, 0) is 14.4 Å². The number of amides is 2. The van der Waals surface area contributed by atoms with E-state index in [9.17, 15) is 14.4 Å². The third-order valence-electron chi connectivity index (χ3n) is 2.60. The molecule has 3 N–H and O–H groups in total. The predicted molar refractivity (Wildman–Crippen MR) is 74.8 cm³/mol. The van der Waals surface area contributed by atoms with E-state index in [1.807, 2.05) is 6.07 Å². The van der Waals surface area contributed by atoms with Crippen molar-refractivity contribution in [1.82, 2.24) is 10.6 Å². The second-order valence-corrected chi connectivity index (χ2v) is 4.25. The van der Waals surface area contributed by atoms with Crippen molar-refractivity contribution in [3.05, 3.63) is 30.3 Å². The third kappa shape index (κ3) is 6.42. The molecule has 1 rings (SSSR count). The number of hydrogen-bond acceptors (Lipinski definition) is 4. The van der Waals surface area contributed by atoms with Gasteiger partial charge in [-0.1, -0.05) is 25.1 Å². The van der Waals surface area contributed by atoms with Crippen molar-refractivity contribution >= 4 is 17.8 Å². The molecule has 0 aliphatic heterocycles. The van der Waals surface area contributed by atoms with Crippen LogP contribution in [0.5, 0.6) is 5.75 Å². The Bertz CT molecular complexity index is 489. The number of rotatable bonds is 8. The monoisotopic (exact) mass is 294 g/mol. The second-order valence-electron chi connectivity index (χ2n) is 4.25. The van der Waals surface area contributed by atoms with Crippen LogP contribution in [0.15, 0.2) is 30.3 Å². The highest BCUT2D eigenvalue weighted by Gasteiger charge is 2.17. The van der Waals surface area contributed by atoms with Gasteiger partial charge in [-0.2, -0.15) is 0 Å². The molecular formula is C14H18N2O5. The standard InChI is InChI=1S/C14H18N2O5/c1-2-11(14(19)20)16-12(17)8-15-13(18)9-21-10-6-4-3-5-7-10/h3-7,11H,2,8-9H2,1H3,(H,15,18)(H,16,17)(H,19,20). The van der Waals surface area contributed by atoms with Gasteiger partial charge in [-0.15, -0.1) is 0 Å². The van der Waals surface area contributed by atoms with Crippen molar-refractivity contribution in [3.63, 3.8) is 0 Å². The molecule has 1 aromatic rings. The zero-order chi connectivity index (χ0) is 15.7. The molecule has 114 valence electrons.